The van der Waals surface area contributed by atoms with Crippen LogP contribution in [0.2, 0.25) is 0 Å². The van der Waals surface area contributed by atoms with E-state index in [4.69, 9.17) is 9.26 Å². The molecule has 0 radical (unpaired) electrons. The van der Waals surface area contributed by atoms with Crippen LogP contribution in [0, 0.1) is 0 Å². The molecule has 1 aromatic carbocycles. The molecule has 0 N–H and O–H groups in total. The van der Waals surface area contributed by atoms with Crippen molar-refractivity contribution >= 4 is 6.09 Å². The van der Waals surface area contributed by atoms with Crippen molar-refractivity contribution in [2.45, 2.75) is 0 Å². The van der Waals surface area contributed by atoms with Gasteiger partial charge in [-0.1, -0.05) is 35.5 Å². The topological polar surface area (TPSA) is 55.6 Å². The number of amides is 1. The van der Waals surface area contributed by atoms with E-state index in [0.717, 1.165) is 5.56 Å². The molecule has 1 heterocycles. The fraction of sp³-hybridized carbons (Fsp3) is 0.167. The van der Waals surface area contributed by atoms with E-state index < -0.39 is 6.09 Å². The van der Waals surface area contributed by atoms with Crippen molar-refractivity contribution in [1.82, 2.24) is 10.1 Å². The number of carbonyl (C=O) groups excluding carboxylic acids is 1. The highest BCUT2D eigenvalue weighted by atomic mass is 16.6. The molecular formula is C12H12N2O3. The van der Waals surface area contributed by atoms with Crippen LogP contribution in [0.15, 0.2) is 41.1 Å². The second-order valence-electron chi connectivity index (χ2n) is 3.66. The molecule has 0 unspecified atom stereocenters. The summed E-state index contributed by atoms with van der Waals surface area (Å²) in [6, 6.07) is 9.38. The van der Waals surface area contributed by atoms with Gasteiger partial charge in [0.05, 0.1) is 0 Å². The summed E-state index contributed by atoms with van der Waals surface area (Å²) >= 11 is 0. The van der Waals surface area contributed by atoms with Crippen molar-refractivity contribution in [2.24, 2.45) is 0 Å². The molecule has 88 valence electrons. The Bertz CT molecular complexity index is 505. The van der Waals surface area contributed by atoms with Crippen LogP contribution in [-0.4, -0.2) is 30.2 Å². The minimum atomic E-state index is -0.467. The lowest BCUT2D eigenvalue weighted by Crippen LogP contribution is -2.25. The maximum Gasteiger partial charge on any atom is 0.414 e. The summed E-state index contributed by atoms with van der Waals surface area (Å²) in [5, 5.41) is 3.83. The van der Waals surface area contributed by atoms with Crippen LogP contribution in [0.25, 0.3) is 11.3 Å². The number of rotatable bonds is 2. The summed E-state index contributed by atoms with van der Waals surface area (Å²) in [6.07, 6.45) is 0.842. The maximum absolute atomic E-state index is 11.4. The summed E-state index contributed by atoms with van der Waals surface area (Å²) in [5.41, 5.74) is 1.35. The maximum atomic E-state index is 11.4. The molecule has 0 aliphatic carbocycles. The van der Waals surface area contributed by atoms with Crippen LogP contribution in [0.4, 0.5) is 4.79 Å². The lowest BCUT2D eigenvalue weighted by atomic mass is 10.1. The van der Waals surface area contributed by atoms with E-state index in [0.29, 0.717) is 11.4 Å². The highest BCUT2D eigenvalue weighted by molar-refractivity contribution is 5.74. The lowest BCUT2D eigenvalue weighted by molar-refractivity contribution is 0.171. The largest absolute Gasteiger partial charge is 0.414 e. The van der Waals surface area contributed by atoms with Crippen molar-refractivity contribution in [1.29, 1.82) is 0 Å². The Kier molecular flexibility index (Phi) is 3.09. The molecule has 0 bridgehead atoms. The lowest BCUT2D eigenvalue weighted by Gasteiger charge is -2.09. The predicted molar refractivity (Wildman–Crippen MR) is 61.7 cm³/mol. The summed E-state index contributed by atoms with van der Waals surface area (Å²) in [5.74, 6) is 0.315. The Morgan fingerprint density at radius 1 is 1.29 bits per heavy atom. The molecular weight excluding hydrogens is 220 g/mol. The summed E-state index contributed by atoms with van der Waals surface area (Å²) in [6.45, 7) is 0. The number of aromatic nitrogens is 1. The highest BCUT2D eigenvalue weighted by Gasteiger charge is 2.15. The monoisotopic (exact) mass is 232 g/mol. The normalized spacial score (nSPS) is 10.0. The number of hydrogen-bond acceptors (Lipinski definition) is 4. The van der Waals surface area contributed by atoms with Gasteiger partial charge in [-0.2, -0.15) is 0 Å². The average molecular weight is 232 g/mol. The van der Waals surface area contributed by atoms with Crippen LogP contribution < -0.4 is 4.74 Å². The van der Waals surface area contributed by atoms with Gasteiger partial charge in [0.25, 0.3) is 0 Å². The first kappa shape index (κ1) is 11.2. The van der Waals surface area contributed by atoms with Gasteiger partial charge in [0, 0.05) is 19.7 Å². The first-order valence-corrected chi connectivity index (χ1v) is 5.07. The number of benzene rings is 1. The van der Waals surface area contributed by atoms with Gasteiger partial charge in [0.1, 0.15) is 0 Å². The number of carbonyl (C=O) groups is 1. The van der Waals surface area contributed by atoms with Gasteiger partial charge >= 0.3 is 6.09 Å². The molecule has 0 aliphatic heterocycles. The molecule has 2 rings (SSSR count). The van der Waals surface area contributed by atoms with Crippen LogP contribution in [-0.2, 0) is 0 Å². The Labute approximate surface area is 98.6 Å². The Balaban J connectivity index is 2.27. The van der Waals surface area contributed by atoms with Gasteiger partial charge in [-0.15, -0.1) is 0 Å². The van der Waals surface area contributed by atoms with Gasteiger partial charge in [-0.05, 0) is 0 Å². The third kappa shape index (κ3) is 2.44. The SMILES string of the molecule is CN(C)C(=O)Oc1conc1-c1ccccc1. The van der Waals surface area contributed by atoms with Gasteiger partial charge < -0.3 is 14.2 Å². The molecule has 0 atom stereocenters. The third-order valence-corrected chi connectivity index (χ3v) is 2.15. The van der Waals surface area contributed by atoms with E-state index in [1.807, 2.05) is 30.3 Å². The van der Waals surface area contributed by atoms with E-state index in [1.54, 1.807) is 14.1 Å². The van der Waals surface area contributed by atoms with Gasteiger partial charge in [0.2, 0.25) is 0 Å². The number of ether oxygens (including phenoxy) is 1. The van der Waals surface area contributed by atoms with Crippen LogP contribution >= 0.6 is 0 Å². The van der Waals surface area contributed by atoms with Crippen LogP contribution in [0.3, 0.4) is 0 Å². The third-order valence-electron chi connectivity index (χ3n) is 2.15. The first-order valence-electron chi connectivity index (χ1n) is 5.07. The molecule has 1 aromatic heterocycles. The zero-order valence-corrected chi connectivity index (χ0v) is 9.58. The van der Waals surface area contributed by atoms with E-state index >= 15 is 0 Å². The highest BCUT2D eigenvalue weighted by Crippen LogP contribution is 2.28. The smallest absolute Gasteiger partial charge is 0.404 e. The molecule has 0 saturated heterocycles. The molecule has 5 heteroatoms. The molecule has 0 saturated carbocycles. The molecule has 17 heavy (non-hydrogen) atoms. The van der Waals surface area contributed by atoms with Crippen molar-refractivity contribution in [3.63, 3.8) is 0 Å². The molecule has 5 nitrogen and oxygen atoms in total. The molecule has 2 aromatic rings. The van der Waals surface area contributed by atoms with E-state index in [-0.39, 0.29) is 0 Å². The van der Waals surface area contributed by atoms with E-state index in [1.165, 1.54) is 11.2 Å². The zero-order chi connectivity index (χ0) is 12.3. The average Bonchev–Trinajstić information content (AvgIpc) is 2.78. The molecule has 0 spiro atoms. The Morgan fingerprint density at radius 2 is 2.00 bits per heavy atom. The second-order valence-corrected chi connectivity index (χ2v) is 3.66. The standard InChI is InChI=1S/C12H12N2O3/c1-14(2)12(15)17-10-8-16-13-11(10)9-6-4-3-5-7-9/h3-8H,1-2H3. The molecule has 0 aliphatic rings. The van der Waals surface area contributed by atoms with Crippen molar-refractivity contribution < 1.29 is 14.1 Å². The second kappa shape index (κ2) is 4.69. The quantitative estimate of drug-likeness (QED) is 0.797. The van der Waals surface area contributed by atoms with Crippen molar-refractivity contribution in [2.75, 3.05) is 14.1 Å². The van der Waals surface area contributed by atoms with Crippen LogP contribution in [0.1, 0.15) is 0 Å². The summed E-state index contributed by atoms with van der Waals surface area (Å²) in [4.78, 5) is 12.8. The zero-order valence-electron chi connectivity index (χ0n) is 9.58. The Hall–Kier alpha value is -2.30. The summed E-state index contributed by atoms with van der Waals surface area (Å²) in [7, 11) is 3.22. The Morgan fingerprint density at radius 3 is 2.65 bits per heavy atom. The molecule has 0 fully saturated rings. The van der Waals surface area contributed by atoms with Crippen molar-refractivity contribution in [3.8, 4) is 17.0 Å². The van der Waals surface area contributed by atoms with Gasteiger partial charge in [0.15, 0.2) is 17.7 Å². The fourth-order valence-electron chi connectivity index (χ4n) is 1.28. The van der Waals surface area contributed by atoms with Gasteiger partial charge in [-0.25, -0.2) is 4.79 Å². The van der Waals surface area contributed by atoms with Crippen molar-refractivity contribution in [3.05, 3.63) is 36.6 Å². The minimum Gasteiger partial charge on any atom is -0.404 e. The minimum absolute atomic E-state index is 0.315. The summed E-state index contributed by atoms with van der Waals surface area (Å²) < 4.78 is 9.97. The van der Waals surface area contributed by atoms with Crippen LogP contribution in [0.5, 0.6) is 5.75 Å². The van der Waals surface area contributed by atoms with E-state index in [9.17, 15) is 4.79 Å². The first-order chi connectivity index (χ1) is 8.18. The number of hydrogen-bond donors (Lipinski definition) is 0. The fourth-order valence-corrected chi connectivity index (χ4v) is 1.28. The van der Waals surface area contributed by atoms with E-state index in [2.05, 4.69) is 5.16 Å². The number of nitrogens with zero attached hydrogens (tertiary/aromatic N) is 2. The van der Waals surface area contributed by atoms with Gasteiger partial charge in [-0.3, -0.25) is 0 Å². The molecule has 1 amide bonds. The predicted octanol–water partition coefficient (Wildman–Crippen LogP) is 2.40.